The second-order valence-electron chi connectivity index (χ2n) is 5.57. The fourth-order valence-corrected chi connectivity index (χ4v) is 2.57. The van der Waals surface area contributed by atoms with Crippen molar-refractivity contribution >= 4 is 0 Å². The molecule has 2 rings (SSSR count). The molecule has 0 aliphatic rings. The van der Waals surface area contributed by atoms with Gasteiger partial charge in [0, 0.05) is 37.9 Å². The van der Waals surface area contributed by atoms with Crippen LogP contribution >= 0.6 is 0 Å². The number of benzene rings is 1. The van der Waals surface area contributed by atoms with Crippen molar-refractivity contribution in [3.8, 4) is 0 Å². The van der Waals surface area contributed by atoms with Crippen LogP contribution in [0.15, 0.2) is 42.7 Å². The molecule has 0 radical (unpaired) electrons. The average Bonchev–Trinajstić information content (AvgIpc) is 2.89. The van der Waals surface area contributed by atoms with Crippen molar-refractivity contribution in [2.24, 2.45) is 7.05 Å². The predicted octanol–water partition coefficient (Wildman–Crippen LogP) is 2.59. The van der Waals surface area contributed by atoms with Gasteiger partial charge in [-0.05, 0) is 25.6 Å². The molecule has 0 saturated heterocycles. The third-order valence-electron chi connectivity index (χ3n) is 3.67. The molecule has 1 aromatic heterocycles. The van der Waals surface area contributed by atoms with Crippen molar-refractivity contribution in [3.05, 3.63) is 53.9 Å². The minimum atomic E-state index is 0.373. The van der Waals surface area contributed by atoms with Crippen LogP contribution in [-0.2, 0) is 13.6 Å². The van der Waals surface area contributed by atoms with Crippen LogP contribution in [-0.4, -0.2) is 34.8 Å². The Morgan fingerprint density at radius 1 is 1.29 bits per heavy atom. The van der Waals surface area contributed by atoms with E-state index in [2.05, 4.69) is 65.8 Å². The van der Waals surface area contributed by atoms with Crippen molar-refractivity contribution in [2.45, 2.75) is 25.9 Å². The Hall–Kier alpha value is -1.65. The SMILES string of the molecule is CCCNCC(c1ccccc1)N(C)Cc1cnn(C)c1. The summed E-state index contributed by atoms with van der Waals surface area (Å²) in [6.45, 7) is 5.13. The molecule has 2 aromatic rings. The molecule has 0 aliphatic carbocycles. The van der Waals surface area contributed by atoms with Gasteiger partial charge >= 0.3 is 0 Å². The molecule has 1 aromatic carbocycles. The van der Waals surface area contributed by atoms with Crippen LogP contribution in [0.2, 0.25) is 0 Å². The zero-order valence-electron chi connectivity index (χ0n) is 13.3. The summed E-state index contributed by atoms with van der Waals surface area (Å²) < 4.78 is 1.86. The summed E-state index contributed by atoms with van der Waals surface area (Å²) in [7, 11) is 4.14. The van der Waals surface area contributed by atoms with Crippen LogP contribution in [0.1, 0.15) is 30.5 Å². The van der Waals surface area contributed by atoms with E-state index in [0.29, 0.717) is 6.04 Å². The van der Waals surface area contributed by atoms with Crippen molar-refractivity contribution in [3.63, 3.8) is 0 Å². The van der Waals surface area contributed by atoms with E-state index in [4.69, 9.17) is 0 Å². The molecule has 1 atom stereocenters. The summed E-state index contributed by atoms with van der Waals surface area (Å²) in [5.74, 6) is 0. The summed E-state index contributed by atoms with van der Waals surface area (Å²) in [6, 6.07) is 11.1. The maximum atomic E-state index is 4.25. The summed E-state index contributed by atoms with van der Waals surface area (Å²) in [5.41, 5.74) is 2.60. The van der Waals surface area contributed by atoms with Crippen molar-refractivity contribution in [1.82, 2.24) is 20.0 Å². The number of likely N-dealkylation sites (N-methyl/N-ethyl adjacent to an activating group) is 1. The van der Waals surface area contributed by atoms with Crippen LogP contribution in [0, 0.1) is 0 Å². The number of aromatic nitrogens is 2. The fourth-order valence-electron chi connectivity index (χ4n) is 2.57. The highest BCUT2D eigenvalue weighted by Gasteiger charge is 2.17. The molecular weight excluding hydrogens is 260 g/mol. The quantitative estimate of drug-likeness (QED) is 0.757. The van der Waals surface area contributed by atoms with Gasteiger partial charge in [-0.15, -0.1) is 0 Å². The lowest BCUT2D eigenvalue weighted by atomic mass is 10.1. The van der Waals surface area contributed by atoms with E-state index < -0.39 is 0 Å². The third-order valence-corrected chi connectivity index (χ3v) is 3.67. The summed E-state index contributed by atoms with van der Waals surface area (Å²) in [5, 5.41) is 7.79. The molecular formula is C17H26N4. The monoisotopic (exact) mass is 286 g/mol. The van der Waals surface area contributed by atoms with Gasteiger partial charge in [0.25, 0.3) is 0 Å². The van der Waals surface area contributed by atoms with Gasteiger partial charge in [0.05, 0.1) is 6.20 Å². The van der Waals surface area contributed by atoms with Gasteiger partial charge in [0.1, 0.15) is 0 Å². The fraction of sp³-hybridized carbons (Fsp3) is 0.471. The largest absolute Gasteiger partial charge is 0.315 e. The van der Waals surface area contributed by atoms with Crippen LogP contribution in [0.4, 0.5) is 0 Å². The minimum Gasteiger partial charge on any atom is -0.315 e. The van der Waals surface area contributed by atoms with Gasteiger partial charge in [0.2, 0.25) is 0 Å². The molecule has 1 unspecified atom stereocenters. The van der Waals surface area contributed by atoms with E-state index in [1.807, 2.05) is 17.9 Å². The smallest absolute Gasteiger partial charge is 0.0534 e. The van der Waals surface area contributed by atoms with E-state index in [0.717, 1.165) is 26.1 Å². The predicted molar refractivity (Wildman–Crippen MR) is 87.0 cm³/mol. The number of nitrogens with zero attached hydrogens (tertiary/aromatic N) is 3. The van der Waals surface area contributed by atoms with Crippen LogP contribution in [0.3, 0.4) is 0 Å². The minimum absolute atomic E-state index is 0.373. The highest BCUT2D eigenvalue weighted by molar-refractivity contribution is 5.20. The first-order valence-electron chi connectivity index (χ1n) is 7.64. The lowest BCUT2D eigenvalue weighted by Gasteiger charge is -2.28. The van der Waals surface area contributed by atoms with Crippen LogP contribution in [0.5, 0.6) is 0 Å². The average molecular weight is 286 g/mol. The number of nitrogens with one attached hydrogen (secondary N) is 1. The van der Waals surface area contributed by atoms with Gasteiger partial charge in [-0.25, -0.2) is 0 Å². The Kier molecular flexibility index (Phi) is 5.96. The number of rotatable bonds is 8. The Morgan fingerprint density at radius 3 is 2.67 bits per heavy atom. The highest BCUT2D eigenvalue weighted by Crippen LogP contribution is 2.20. The van der Waals surface area contributed by atoms with Crippen LogP contribution in [0.25, 0.3) is 0 Å². The molecule has 0 aliphatic heterocycles. The summed E-state index contributed by atoms with van der Waals surface area (Å²) in [4.78, 5) is 2.38. The van der Waals surface area contributed by atoms with E-state index in [-0.39, 0.29) is 0 Å². The van der Waals surface area contributed by atoms with Gasteiger partial charge in [-0.2, -0.15) is 5.10 Å². The second kappa shape index (κ2) is 7.96. The molecule has 4 heteroatoms. The molecule has 0 spiro atoms. The summed E-state index contributed by atoms with van der Waals surface area (Å²) >= 11 is 0. The maximum absolute atomic E-state index is 4.25. The van der Waals surface area contributed by atoms with Gasteiger partial charge in [0.15, 0.2) is 0 Å². The van der Waals surface area contributed by atoms with Crippen LogP contribution < -0.4 is 5.32 Å². The van der Waals surface area contributed by atoms with Gasteiger partial charge < -0.3 is 5.32 Å². The second-order valence-corrected chi connectivity index (χ2v) is 5.57. The topological polar surface area (TPSA) is 33.1 Å². The Balaban J connectivity index is 2.06. The van der Waals surface area contributed by atoms with Gasteiger partial charge in [-0.3, -0.25) is 9.58 Å². The van der Waals surface area contributed by atoms with Gasteiger partial charge in [-0.1, -0.05) is 37.3 Å². The highest BCUT2D eigenvalue weighted by atomic mass is 15.2. The molecule has 0 amide bonds. The third kappa shape index (κ3) is 4.69. The van der Waals surface area contributed by atoms with E-state index >= 15 is 0 Å². The Morgan fingerprint density at radius 2 is 2.05 bits per heavy atom. The molecule has 114 valence electrons. The first kappa shape index (κ1) is 15.7. The molecule has 21 heavy (non-hydrogen) atoms. The first-order chi connectivity index (χ1) is 10.2. The van der Waals surface area contributed by atoms with Crippen molar-refractivity contribution < 1.29 is 0 Å². The van der Waals surface area contributed by atoms with E-state index in [9.17, 15) is 0 Å². The lowest BCUT2D eigenvalue weighted by molar-refractivity contribution is 0.230. The number of aryl methyl sites for hydroxylation is 1. The standard InChI is InChI=1S/C17H26N4/c1-4-10-18-12-17(16-8-6-5-7-9-16)20(2)13-15-11-19-21(3)14-15/h5-9,11,14,17-18H,4,10,12-13H2,1-3H3. The normalized spacial score (nSPS) is 12.8. The molecule has 1 N–H and O–H groups in total. The zero-order valence-corrected chi connectivity index (χ0v) is 13.3. The Labute approximate surface area is 127 Å². The molecule has 1 heterocycles. The van der Waals surface area contributed by atoms with E-state index in [1.54, 1.807) is 0 Å². The van der Waals surface area contributed by atoms with Crippen molar-refractivity contribution in [2.75, 3.05) is 20.1 Å². The van der Waals surface area contributed by atoms with E-state index in [1.165, 1.54) is 11.1 Å². The Bertz CT molecular complexity index is 521. The lowest BCUT2D eigenvalue weighted by Crippen LogP contribution is -2.33. The zero-order chi connectivity index (χ0) is 15.1. The summed E-state index contributed by atoms with van der Waals surface area (Å²) in [6.07, 6.45) is 5.18. The van der Waals surface area contributed by atoms with Crippen molar-refractivity contribution in [1.29, 1.82) is 0 Å². The maximum Gasteiger partial charge on any atom is 0.0534 e. The molecule has 0 fully saturated rings. The molecule has 0 bridgehead atoms. The number of hydrogen-bond donors (Lipinski definition) is 1. The molecule has 0 saturated carbocycles. The molecule has 4 nitrogen and oxygen atoms in total. The first-order valence-corrected chi connectivity index (χ1v) is 7.64. The number of hydrogen-bond acceptors (Lipinski definition) is 3.